The number of hydrogen-bond acceptors (Lipinski definition) is 2. The van der Waals surface area contributed by atoms with E-state index in [1.807, 2.05) is 6.07 Å². The Morgan fingerprint density at radius 1 is 1.12 bits per heavy atom. The molecule has 17 heavy (non-hydrogen) atoms. The van der Waals surface area contributed by atoms with Crippen molar-refractivity contribution in [2.75, 3.05) is 0 Å². The molecule has 1 atom stereocenters. The summed E-state index contributed by atoms with van der Waals surface area (Å²) in [5.41, 5.74) is 7.16. The Morgan fingerprint density at radius 2 is 1.82 bits per heavy atom. The summed E-state index contributed by atoms with van der Waals surface area (Å²) in [4.78, 5) is 1.27. The maximum absolute atomic E-state index is 12.7. The number of thiophene rings is 1. The zero-order valence-electron chi connectivity index (χ0n) is 9.20. The first-order chi connectivity index (χ1) is 8.13. The molecule has 0 bridgehead atoms. The molecule has 1 unspecified atom stereocenters. The van der Waals surface area contributed by atoms with Gasteiger partial charge in [-0.15, -0.1) is 11.3 Å². The molecule has 2 aromatic rings. The summed E-state index contributed by atoms with van der Waals surface area (Å²) in [7, 11) is 0. The van der Waals surface area contributed by atoms with Gasteiger partial charge in [-0.3, -0.25) is 0 Å². The third kappa shape index (κ3) is 3.91. The van der Waals surface area contributed by atoms with E-state index >= 15 is 0 Å². The van der Waals surface area contributed by atoms with E-state index < -0.39 is 0 Å². The highest BCUT2D eigenvalue weighted by Crippen LogP contribution is 2.23. The van der Waals surface area contributed by atoms with E-state index in [0.717, 1.165) is 22.2 Å². The predicted molar refractivity (Wildman–Crippen MR) is 73.8 cm³/mol. The van der Waals surface area contributed by atoms with Gasteiger partial charge in [0.2, 0.25) is 0 Å². The zero-order valence-corrected chi connectivity index (χ0v) is 11.6. The van der Waals surface area contributed by atoms with Crippen molar-refractivity contribution in [3.63, 3.8) is 0 Å². The molecule has 0 spiro atoms. The summed E-state index contributed by atoms with van der Waals surface area (Å²) in [5, 5.41) is 0. The van der Waals surface area contributed by atoms with E-state index in [1.54, 1.807) is 23.5 Å². The summed E-state index contributed by atoms with van der Waals surface area (Å²) in [5.74, 6) is -0.204. The second kappa shape index (κ2) is 5.76. The summed E-state index contributed by atoms with van der Waals surface area (Å²) in [6, 6.07) is 10.7. The molecule has 2 N–H and O–H groups in total. The van der Waals surface area contributed by atoms with Gasteiger partial charge in [0.1, 0.15) is 5.82 Å². The molecule has 0 radical (unpaired) electrons. The largest absolute Gasteiger partial charge is 0.327 e. The average molecular weight is 314 g/mol. The Morgan fingerprint density at radius 3 is 2.41 bits per heavy atom. The van der Waals surface area contributed by atoms with Crippen molar-refractivity contribution in [2.24, 2.45) is 5.73 Å². The first kappa shape index (κ1) is 12.7. The standard InChI is InChI=1S/C13H13BrFNS/c14-13-6-5-12(17-13)8-11(16)7-9-1-3-10(15)4-2-9/h1-6,11H,7-8,16H2. The SMILES string of the molecule is NC(Cc1ccc(F)cc1)Cc1ccc(Br)s1. The van der Waals surface area contributed by atoms with Gasteiger partial charge in [0, 0.05) is 10.9 Å². The van der Waals surface area contributed by atoms with Crippen molar-refractivity contribution in [3.8, 4) is 0 Å². The van der Waals surface area contributed by atoms with Gasteiger partial charge < -0.3 is 5.73 Å². The number of nitrogens with two attached hydrogens (primary N) is 1. The molecule has 0 aliphatic heterocycles. The number of hydrogen-bond donors (Lipinski definition) is 1. The van der Waals surface area contributed by atoms with E-state index in [4.69, 9.17) is 5.73 Å². The van der Waals surface area contributed by atoms with E-state index in [2.05, 4.69) is 22.0 Å². The Balaban J connectivity index is 1.93. The fourth-order valence-corrected chi connectivity index (χ4v) is 3.29. The Kier molecular flexibility index (Phi) is 4.31. The van der Waals surface area contributed by atoms with Crippen LogP contribution in [0.4, 0.5) is 4.39 Å². The van der Waals surface area contributed by atoms with Crippen LogP contribution < -0.4 is 5.73 Å². The second-order valence-corrected chi connectivity index (χ2v) is 6.55. The maximum atomic E-state index is 12.7. The molecular formula is C13H13BrFNS. The van der Waals surface area contributed by atoms with Gasteiger partial charge >= 0.3 is 0 Å². The van der Waals surface area contributed by atoms with Crippen molar-refractivity contribution < 1.29 is 4.39 Å². The molecule has 90 valence electrons. The van der Waals surface area contributed by atoms with Crippen LogP contribution in [0.15, 0.2) is 40.2 Å². The third-order valence-electron chi connectivity index (χ3n) is 2.50. The van der Waals surface area contributed by atoms with Crippen LogP contribution in [0, 0.1) is 5.82 Å². The van der Waals surface area contributed by atoms with Crippen molar-refractivity contribution >= 4 is 27.3 Å². The zero-order chi connectivity index (χ0) is 12.3. The van der Waals surface area contributed by atoms with E-state index in [0.29, 0.717) is 0 Å². The van der Waals surface area contributed by atoms with Gasteiger partial charge in [-0.1, -0.05) is 12.1 Å². The van der Waals surface area contributed by atoms with Gasteiger partial charge in [-0.2, -0.15) is 0 Å². The highest BCUT2D eigenvalue weighted by Gasteiger charge is 2.07. The fourth-order valence-electron chi connectivity index (χ4n) is 1.72. The number of rotatable bonds is 4. The summed E-state index contributed by atoms with van der Waals surface area (Å²) in [6.45, 7) is 0. The molecule has 0 amide bonds. The Bertz CT molecular complexity index is 480. The quantitative estimate of drug-likeness (QED) is 0.913. The first-order valence-electron chi connectivity index (χ1n) is 5.38. The van der Waals surface area contributed by atoms with Gasteiger partial charge in [-0.25, -0.2) is 4.39 Å². The molecule has 4 heteroatoms. The summed E-state index contributed by atoms with van der Waals surface area (Å²) in [6.07, 6.45) is 1.63. The van der Waals surface area contributed by atoms with Crippen molar-refractivity contribution in [1.82, 2.24) is 0 Å². The number of benzene rings is 1. The maximum Gasteiger partial charge on any atom is 0.123 e. The summed E-state index contributed by atoms with van der Waals surface area (Å²) < 4.78 is 13.9. The van der Waals surface area contributed by atoms with Crippen LogP contribution in [-0.4, -0.2) is 6.04 Å². The van der Waals surface area contributed by atoms with Gasteiger partial charge in [-0.05, 0) is 58.6 Å². The minimum absolute atomic E-state index is 0.0750. The normalized spacial score (nSPS) is 12.6. The molecule has 0 fully saturated rings. The van der Waals surface area contributed by atoms with E-state index in [9.17, 15) is 4.39 Å². The van der Waals surface area contributed by atoms with Crippen LogP contribution in [-0.2, 0) is 12.8 Å². The lowest BCUT2D eigenvalue weighted by atomic mass is 10.0. The molecular weight excluding hydrogens is 301 g/mol. The third-order valence-corrected chi connectivity index (χ3v) is 4.15. The van der Waals surface area contributed by atoms with Crippen molar-refractivity contribution in [1.29, 1.82) is 0 Å². The lowest BCUT2D eigenvalue weighted by molar-refractivity contribution is 0.624. The highest BCUT2D eigenvalue weighted by atomic mass is 79.9. The van der Waals surface area contributed by atoms with Gasteiger partial charge in [0.25, 0.3) is 0 Å². The molecule has 0 aliphatic rings. The van der Waals surface area contributed by atoms with Crippen LogP contribution in [0.2, 0.25) is 0 Å². The van der Waals surface area contributed by atoms with E-state index in [-0.39, 0.29) is 11.9 Å². The van der Waals surface area contributed by atoms with Crippen molar-refractivity contribution in [3.05, 3.63) is 56.4 Å². The Hall–Kier alpha value is -0.710. The summed E-state index contributed by atoms with van der Waals surface area (Å²) >= 11 is 5.14. The van der Waals surface area contributed by atoms with Crippen LogP contribution in [0.1, 0.15) is 10.4 Å². The minimum Gasteiger partial charge on any atom is -0.327 e. The average Bonchev–Trinajstić information content (AvgIpc) is 2.67. The smallest absolute Gasteiger partial charge is 0.123 e. The molecule has 0 saturated heterocycles. The topological polar surface area (TPSA) is 26.0 Å². The second-order valence-electron chi connectivity index (χ2n) is 4.00. The van der Waals surface area contributed by atoms with Gasteiger partial charge in [0.05, 0.1) is 3.79 Å². The van der Waals surface area contributed by atoms with Crippen LogP contribution in [0.3, 0.4) is 0 Å². The van der Waals surface area contributed by atoms with Crippen LogP contribution in [0.25, 0.3) is 0 Å². The molecule has 0 saturated carbocycles. The molecule has 1 heterocycles. The lowest BCUT2D eigenvalue weighted by Crippen LogP contribution is -2.25. The van der Waals surface area contributed by atoms with E-state index in [1.165, 1.54) is 17.0 Å². The Labute approximate surface area is 113 Å². The monoisotopic (exact) mass is 313 g/mol. The number of halogens is 2. The van der Waals surface area contributed by atoms with Crippen LogP contribution >= 0.6 is 27.3 Å². The molecule has 1 nitrogen and oxygen atoms in total. The molecule has 0 aliphatic carbocycles. The lowest BCUT2D eigenvalue weighted by Gasteiger charge is -2.10. The minimum atomic E-state index is -0.204. The fraction of sp³-hybridized carbons (Fsp3) is 0.231. The van der Waals surface area contributed by atoms with Crippen molar-refractivity contribution in [2.45, 2.75) is 18.9 Å². The van der Waals surface area contributed by atoms with Crippen LogP contribution in [0.5, 0.6) is 0 Å². The highest BCUT2D eigenvalue weighted by molar-refractivity contribution is 9.11. The molecule has 1 aromatic carbocycles. The van der Waals surface area contributed by atoms with Gasteiger partial charge in [0.15, 0.2) is 0 Å². The molecule has 1 aromatic heterocycles. The predicted octanol–water partition coefficient (Wildman–Crippen LogP) is 3.76. The molecule has 2 rings (SSSR count). The first-order valence-corrected chi connectivity index (χ1v) is 6.98.